The van der Waals surface area contributed by atoms with Crippen LogP contribution in [0.5, 0.6) is 5.75 Å². The van der Waals surface area contributed by atoms with E-state index in [1.165, 1.54) is 11.8 Å². The fraction of sp³-hybridized carbons (Fsp3) is 0.120. The second kappa shape index (κ2) is 10.8. The van der Waals surface area contributed by atoms with E-state index in [4.69, 9.17) is 9.73 Å². The first-order valence-corrected chi connectivity index (χ1v) is 12.9. The first-order chi connectivity index (χ1) is 15.5. The Labute approximate surface area is 219 Å². The Kier molecular flexibility index (Phi) is 7.90. The summed E-state index contributed by atoms with van der Waals surface area (Å²) in [7, 11) is 1.67. The Morgan fingerprint density at radius 2 is 1.56 bits per heavy atom. The lowest BCUT2D eigenvalue weighted by Crippen LogP contribution is -2.28. The zero-order chi connectivity index (χ0) is 22.5. The van der Waals surface area contributed by atoms with Crippen molar-refractivity contribution in [3.05, 3.63) is 102 Å². The average Bonchev–Trinajstić information content (AvgIpc) is 3.08. The molecule has 0 atom stereocenters. The summed E-state index contributed by atoms with van der Waals surface area (Å²) in [5.74, 6) is 0.834. The normalized spacial score (nSPS) is 16.2. The summed E-state index contributed by atoms with van der Waals surface area (Å²) in [5.41, 5.74) is 3.16. The van der Waals surface area contributed by atoms with Gasteiger partial charge in [-0.05, 0) is 91.8 Å². The van der Waals surface area contributed by atoms with Crippen molar-refractivity contribution in [3.63, 3.8) is 0 Å². The highest BCUT2D eigenvalue weighted by atomic mass is 127. The maximum Gasteiger partial charge on any atom is 0.267 e. The van der Waals surface area contributed by atoms with Gasteiger partial charge in [-0.15, -0.1) is 0 Å². The van der Waals surface area contributed by atoms with Crippen LogP contribution in [-0.2, 0) is 17.9 Å². The van der Waals surface area contributed by atoms with Crippen LogP contribution in [0.25, 0.3) is 6.08 Å². The van der Waals surface area contributed by atoms with Crippen LogP contribution in [0.1, 0.15) is 16.7 Å². The Hall–Kier alpha value is -1.85. The van der Waals surface area contributed by atoms with Crippen LogP contribution in [0.3, 0.4) is 0 Å². The van der Waals surface area contributed by atoms with Gasteiger partial charge in [0.05, 0.1) is 32.2 Å². The molecule has 0 radical (unpaired) electrons. The highest BCUT2D eigenvalue weighted by molar-refractivity contribution is 14.1. The van der Waals surface area contributed by atoms with E-state index < -0.39 is 0 Å². The lowest BCUT2D eigenvalue weighted by molar-refractivity contribution is -0.122. The number of nitrogens with zero attached hydrogens (tertiary/aromatic N) is 2. The lowest BCUT2D eigenvalue weighted by atomic mass is 10.2. The summed E-state index contributed by atoms with van der Waals surface area (Å²) in [4.78, 5) is 20.6. The molecule has 1 amide bonds. The number of aliphatic imine (C=N–C) groups is 1. The van der Waals surface area contributed by atoms with Crippen LogP contribution in [-0.4, -0.2) is 23.1 Å². The highest BCUT2D eigenvalue weighted by Gasteiger charge is 2.33. The second-order valence-corrected chi connectivity index (χ2v) is 10.4. The van der Waals surface area contributed by atoms with Crippen LogP contribution in [0, 0.1) is 7.14 Å². The minimum atomic E-state index is -0.0218. The molecule has 3 aromatic carbocycles. The van der Waals surface area contributed by atoms with E-state index in [9.17, 15) is 4.79 Å². The summed E-state index contributed by atoms with van der Waals surface area (Å²) < 4.78 is 7.49. The zero-order valence-corrected chi connectivity index (χ0v) is 22.4. The molecular weight excluding hydrogens is 646 g/mol. The summed E-state index contributed by atoms with van der Waals surface area (Å²) in [6, 6.07) is 24.2. The van der Waals surface area contributed by atoms with Gasteiger partial charge >= 0.3 is 0 Å². The number of thioether (sulfide) groups is 1. The zero-order valence-electron chi connectivity index (χ0n) is 17.3. The van der Waals surface area contributed by atoms with Gasteiger partial charge in [-0.3, -0.25) is 14.7 Å². The fourth-order valence-corrected chi connectivity index (χ4v) is 6.52. The molecule has 0 spiro atoms. The Morgan fingerprint density at radius 1 is 0.969 bits per heavy atom. The molecule has 1 aliphatic rings. The van der Waals surface area contributed by atoms with Crippen LogP contribution in [0.2, 0.25) is 0 Å². The molecule has 3 aromatic rings. The Balaban J connectivity index is 1.66. The third kappa shape index (κ3) is 5.55. The number of halogens is 2. The van der Waals surface area contributed by atoms with Gasteiger partial charge in [0.15, 0.2) is 5.17 Å². The van der Waals surface area contributed by atoms with Gasteiger partial charge in [-0.25, -0.2) is 0 Å². The van der Waals surface area contributed by atoms with E-state index in [0.717, 1.165) is 34.7 Å². The first kappa shape index (κ1) is 23.3. The van der Waals surface area contributed by atoms with E-state index in [2.05, 4.69) is 45.2 Å². The molecule has 4 rings (SSSR count). The van der Waals surface area contributed by atoms with Crippen molar-refractivity contribution in [2.24, 2.45) is 4.99 Å². The number of carbonyl (C=O) groups is 1. The summed E-state index contributed by atoms with van der Waals surface area (Å²) in [6.45, 7) is 1.03. The maximum atomic E-state index is 13.4. The SMILES string of the molecule is COc1c(I)cc(/C=C2\SC(=NCc3ccccc3)N(Cc3ccccc3)C2=O)cc1I. The van der Waals surface area contributed by atoms with Crippen LogP contribution in [0.4, 0.5) is 0 Å². The van der Waals surface area contributed by atoms with Crippen LogP contribution >= 0.6 is 56.9 Å². The van der Waals surface area contributed by atoms with Gasteiger partial charge in [0.25, 0.3) is 5.91 Å². The van der Waals surface area contributed by atoms with E-state index >= 15 is 0 Å². The molecule has 0 aromatic heterocycles. The summed E-state index contributed by atoms with van der Waals surface area (Å²) in [6.07, 6.45) is 1.94. The molecule has 32 heavy (non-hydrogen) atoms. The minimum absolute atomic E-state index is 0.0218. The van der Waals surface area contributed by atoms with E-state index in [1.54, 1.807) is 12.0 Å². The minimum Gasteiger partial charge on any atom is -0.495 e. The number of hydrogen-bond donors (Lipinski definition) is 0. The largest absolute Gasteiger partial charge is 0.495 e. The van der Waals surface area contributed by atoms with Gasteiger partial charge in [0.1, 0.15) is 5.75 Å². The van der Waals surface area contributed by atoms with Crippen molar-refractivity contribution in [2.45, 2.75) is 13.1 Å². The van der Waals surface area contributed by atoms with Crippen molar-refractivity contribution in [1.29, 1.82) is 0 Å². The molecule has 0 saturated carbocycles. The van der Waals surface area contributed by atoms with Gasteiger partial charge < -0.3 is 4.74 Å². The van der Waals surface area contributed by atoms with Crippen molar-refractivity contribution in [2.75, 3.05) is 7.11 Å². The lowest BCUT2D eigenvalue weighted by Gasteiger charge is -2.15. The Bertz CT molecular complexity index is 1160. The van der Waals surface area contributed by atoms with E-state index in [0.29, 0.717) is 18.0 Å². The van der Waals surface area contributed by atoms with Crippen LogP contribution in [0.15, 0.2) is 82.7 Å². The smallest absolute Gasteiger partial charge is 0.267 e. The number of amidine groups is 1. The predicted molar refractivity (Wildman–Crippen MR) is 149 cm³/mol. The van der Waals surface area contributed by atoms with Crippen molar-refractivity contribution < 1.29 is 9.53 Å². The molecule has 7 heteroatoms. The molecule has 0 bridgehead atoms. The third-order valence-electron chi connectivity index (χ3n) is 4.83. The molecule has 1 fully saturated rings. The molecule has 1 saturated heterocycles. The number of rotatable bonds is 6. The number of amides is 1. The van der Waals surface area contributed by atoms with Gasteiger partial charge in [-0.1, -0.05) is 60.7 Å². The summed E-state index contributed by atoms with van der Waals surface area (Å²) in [5, 5.41) is 0.729. The highest BCUT2D eigenvalue weighted by Crippen LogP contribution is 2.36. The number of methoxy groups -OCH3 is 1. The van der Waals surface area contributed by atoms with E-state index in [-0.39, 0.29) is 5.91 Å². The first-order valence-electron chi connectivity index (χ1n) is 9.92. The fourth-order valence-electron chi connectivity index (χ4n) is 3.28. The molecule has 1 aliphatic heterocycles. The quantitative estimate of drug-likeness (QED) is 0.221. The number of benzene rings is 3. The van der Waals surface area contributed by atoms with Crippen molar-refractivity contribution in [3.8, 4) is 5.75 Å². The number of carbonyl (C=O) groups excluding carboxylic acids is 1. The molecule has 1 heterocycles. The third-order valence-corrected chi connectivity index (χ3v) is 7.48. The monoisotopic (exact) mass is 666 g/mol. The molecule has 4 nitrogen and oxygen atoms in total. The molecule has 0 N–H and O–H groups in total. The van der Waals surface area contributed by atoms with E-state index in [1.807, 2.05) is 78.9 Å². The van der Waals surface area contributed by atoms with Gasteiger partial charge in [0, 0.05) is 0 Å². The predicted octanol–water partition coefficient (Wildman–Crippen LogP) is 6.58. The standard InChI is InChI=1S/C25H20I2N2O2S/c1-31-23-20(26)12-19(13-21(23)27)14-22-24(30)29(16-18-10-6-3-7-11-18)25(32-22)28-15-17-8-4-2-5-9-17/h2-14H,15-16H2,1H3/b22-14-,28-25?. The number of hydrogen-bond acceptors (Lipinski definition) is 4. The second-order valence-electron chi connectivity index (χ2n) is 7.09. The number of ether oxygens (including phenoxy) is 1. The van der Waals surface area contributed by atoms with Gasteiger partial charge in [-0.2, -0.15) is 0 Å². The summed E-state index contributed by atoms with van der Waals surface area (Å²) >= 11 is 5.96. The molecule has 0 aliphatic carbocycles. The molecular formula is C25H20I2N2O2S. The van der Waals surface area contributed by atoms with Crippen molar-refractivity contribution in [1.82, 2.24) is 4.90 Å². The topological polar surface area (TPSA) is 41.9 Å². The maximum absolute atomic E-state index is 13.4. The van der Waals surface area contributed by atoms with Gasteiger partial charge in [0.2, 0.25) is 0 Å². The van der Waals surface area contributed by atoms with Crippen molar-refractivity contribution >= 4 is 74.1 Å². The molecule has 0 unspecified atom stereocenters. The average molecular weight is 666 g/mol. The Morgan fingerprint density at radius 3 is 2.16 bits per heavy atom. The van der Waals surface area contributed by atoms with Crippen LogP contribution < -0.4 is 4.74 Å². The molecule has 162 valence electrons.